The molecule has 0 radical (unpaired) electrons. The van der Waals surface area contributed by atoms with Crippen molar-refractivity contribution >= 4 is 0 Å². The summed E-state index contributed by atoms with van der Waals surface area (Å²) < 4.78 is 5.54. The molecule has 1 saturated carbocycles. The van der Waals surface area contributed by atoms with Crippen molar-refractivity contribution in [3.05, 3.63) is 71.8 Å². The fraction of sp³-hybridized carbons (Fsp3) is 0.333. The Morgan fingerprint density at radius 1 is 0.800 bits per heavy atom. The molecule has 20 heavy (non-hydrogen) atoms. The van der Waals surface area contributed by atoms with Crippen molar-refractivity contribution < 1.29 is 9.84 Å². The van der Waals surface area contributed by atoms with E-state index < -0.39 is 16.6 Å². The van der Waals surface area contributed by atoms with E-state index in [1.807, 2.05) is 36.4 Å². The zero-order chi connectivity index (χ0) is 14.4. The highest BCUT2D eigenvalue weighted by molar-refractivity contribution is 5.56. The normalized spacial score (nSPS) is 26.2. The van der Waals surface area contributed by atoms with Crippen LogP contribution < -0.4 is 0 Å². The number of benzene rings is 2. The Hall–Kier alpha value is -1.64. The minimum absolute atomic E-state index is 0.391. The van der Waals surface area contributed by atoms with Gasteiger partial charge in [0.05, 0.1) is 5.41 Å². The van der Waals surface area contributed by atoms with Gasteiger partial charge < -0.3 is 9.84 Å². The number of methoxy groups -OCH3 is 1. The summed E-state index contributed by atoms with van der Waals surface area (Å²) in [6, 6.07) is 20.2. The van der Waals surface area contributed by atoms with Gasteiger partial charge in [-0.3, -0.25) is 0 Å². The molecule has 2 heteroatoms. The average Bonchev–Trinajstić information content (AvgIpc) is 2.90. The van der Waals surface area contributed by atoms with E-state index in [1.165, 1.54) is 0 Å². The first-order chi connectivity index (χ1) is 9.52. The summed E-state index contributed by atoms with van der Waals surface area (Å²) in [6.45, 7) is 4.10. The summed E-state index contributed by atoms with van der Waals surface area (Å²) in [7, 11) is 1.58. The van der Waals surface area contributed by atoms with Crippen molar-refractivity contribution in [2.75, 3.05) is 7.11 Å². The van der Waals surface area contributed by atoms with E-state index >= 15 is 0 Å². The Labute approximate surface area is 120 Å². The fourth-order valence-electron chi connectivity index (χ4n) is 3.88. The van der Waals surface area contributed by atoms with E-state index in [9.17, 15) is 5.11 Å². The first-order valence-electron chi connectivity index (χ1n) is 6.91. The Morgan fingerprint density at radius 2 is 1.20 bits per heavy atom. The molecule has 104 valence electrons. The first kappa shape index (κ1) is 13.3. The van der Waals surface area contributed by atoms with Crippen LogP contribution in [-0.2, 0) is 10.2 Å². The second-order valence-electron chi connectivity index (χ2n) is 5.96. The Morgan fingerprint density at radius 3 is 1.50 bits per heavy atom. The first-order valence-corrected chi connectivity index (χ1v) is 6.91. The molecule has 2 nitrogen and oxygen atoms in total. The topological polar surface area (TPSA) is 29.5 Å². The van der Waals surface area contributed by atoms with E-state index in [1.54, 1.807) is 7.11 Å². The molecule has 0 amide bonds. The number of aliphatic hydroxyl groups is 1. The standard InChI is InChI=1S/C18H20O2/c1-16(2)17(18(16,19)20-3,14-10-6-4-7-11-14)15-12-8-5-9-13-15/h4-13,19H,1-3H3. The number of ether oxygens (including phenoxy) is 1. The Bertz CT molecular complexity index is 564. The molecule has 2 aromatic rings. The van der Waals surface area contributed by atoms with Gasteiger partial charge in [-0.2, -0.15) is 0 Å². The SMILES string of the molecule is COC1(O)C(C)(C)C1(c1ccccc1)c1ccccc1. The van der Waals surface area contributed by atoms with Crippen LogP contribution in [0.25, 0.3) is 0 Å². The molecular formula is C18H20O2. The summed E-state index contributed by atoms with van der Waals surface area (Å²) in [5.74, 6) is -1.19. The van der Waals surface area contributed by atoms with Crippen LogP contribution in [0.3, 0.4) is 0 Å². The second kappa shape index (κ2) is 4.18. The predicted octanol–water partition coefficient (Wildman–Crippen LogP) is 3.35. The molecule has 0 heterocycles. The summed E-state index contributed by atoms with van der Waals surface area (Å²) in [6.07, 6.45) is 0. The van der Waals surface area contributed by atoms with Gasteiger partial charge in [-0.1, -0.05) is 74.5 Å². The molecule has 1 N–H and O–H groups in total. The van der Waals surface area contributed by atoms with Crippen LogP contribution >= 0.6 is 0 Å². The van der Waals surface area contributed by atoms with Crippen molar-refractivity contribution in [3.63, 3.8) is 0 Å². The number of hydrogen-bond donors (Lipinski definition) is 1. The van der Waals surface area contributed by atoms with Gasteiger partial charge in [0.2, 0.25) is 0 Å². The molecule has 1 aliphatic rings. The monoisotopic (exact) mass is 268 g/mol. The highest BCUT2D eigenvalue weighted by Gasteiger charge is 2.85. The third-order valence-corrected chi connectivity index (χ3v) is 4.94. The molecule has 1 aliphatic carbocycles. The van der Waals surface area contributed by atoms with Crippen LogP contribution in [0.4, 0.5) is 0 Å². The van der Waals surface area contributed by atoms with Gasteiger partial charge in [-0.25, -0.2) is 0 Å². The lowest BCUT2D eigenvalue weighted by atomic mass is 9.81. The molecule has 0 aliphatic heterocycles. The predicted molar refractivity (Wildman–Crippen MR) is 79.4 cm³/mol. The zero-order valence-corrected chi connectivity index (χ0v) is 12.1. The lowest BCUT2D eigenvalue weighted by molar-refractivity contribution is -0.135. The maximum Gasteiger partial charge on any atom is 0.186 e. The fourth-order valence-corrected chi connectivity index (χ4v) is 3.88. The van der Waals surface area contributed by atoms with E-state index in [4.69, 9.17) is 4.74 Å². The molecule has 0 bridgehead atoms. The highest BCUT2D eigenvalue weighted by atomic mass is 16.6. The van der Waals surface area contributed by atoms with Crippen LogP contribution in [0, 0.1) is 5.41 Å². The van der Waals surface area contributed by atoms with Gasteiger partial charge in [-0.15, -0.1) is 0 Å². The average molecular weight is 268 g/mol. The maximum atomic E-state index is 11.1. The lowest BCUT2D eigenvalue weighted by Gasteiger charge is -2.22. The van der Waals surface area contributed by atoms with E-state index in [0.717, 1.165) is 11.1 Å². The molecule has 0 spiro atoms. The smallest absolute Gasteiger partial charge is 0.186 e. The second-order valence-corrected chi connectivity index (χ2v) is 5.96. The third kappa shape index (κ3) is 1.31. The van der Waals surface area contributed by atoms with Crippen molar-refractivity contribution in [2.45, 2.75) is 25.0 Å². The van der Waals surface area contributed by atoms with Gasteiger partial charge >= 0.3 is 0 Å². The number of hydrogen-bond acceptors (Lipinski definition) is 2. The molecule has 1 unspecified atom stereocenters. The maximum absolute atomic E-state index is 11.1. The third-order valence-electron chi connectivity index (χ3n) is 4.94. The Kier molecular flexibility index (Phi) is 2.79. The van der Waals surface area contributed by atoms with Crippen LogP contribution in [0.15, 0.2) is 60.7 Å². The van der Waals surface area contributed by atoms with Crippen LogP contribution in [0.5, 0.6) is 0 Å². The summed E-state index contributed by atoms with van der Waals surface area (Å²) in [4.78, 5) is 0. The van der Waals surface area contributed by atoms with Crippen LogP contribution in [0.2, 0.25) is 0 Å². The molecule has 0 saturated heterocycles. The van der Waals surface area contributed by atoms with Crippen LogP contribution in [0.1, 0.15) is 25.0 Å². The van der Waals surface area contributed by atoms with Crippen LogP contribution in [-0.4, -0.2) is 18.0 Å². The molecular weight excluding hydrogens is 248 g/mol. The molecule has 1 atom stereocenters. The Balaban J connectivity index is 2.28. The van der Waals surface area contributed by atoms with Crippen molar-refractivity contribution in [3.8, 4) is 0 Å². The lowest BCUT2D eigenvalue weighted by Crippen LogP contribution is -2.26. The van der Waals surface area contributed by atoms with E-state index in [2.05, 4.69) is 38.1 Å². The van der Waals surface area contributed by atoms with Crippen molar-refractivity contribution in [2.24, 2.45) is 5.41 Å². The zero-order valence-electron chi connectivity index (χ0n) is 12.1. The number of rotatable bonds is 3. The molecule has 0 aromatic heterocycles. The van der Waals surface area contributed by atoms with Gasteiger partial charge in [0, 0.05) is 12.5 Å². The summed E-state index contributed by atoms with van der Waals surface area (Å²) in [5, 5.41) is 11.1. The molecule has 1 fully saturated rings. The van der Waals surface area contributed by atoms with Gasteiger partial charge in [-0.05, 0) is 11.1 Å². The highest BCUT2D eigenvalue weighted by Crippen LogP contribution is 2.75. The summed E-state index contributed by atoms with van der Waals surface area (Å²) >= 11 is 0. The van der Waals surface area contributed by atoms with Gasteiger partial charge in [0.25, 0.3) is 0 Å². The minimum Gasteiger partial charge on any atom is -0.364 e. The largest absolute Gasteiger partial charge is 0.364 e. The van der Waals surface area contributed by atoms with Crippen molar-refractivity contribution in [1.29, 1.82) is 0 Å². The summed E-state index contributed by atoms with van der Waals surface area (Å²) in [5.41, 5.74) is 1.25. The molecule has 3 rings (SSSR count). The van der Waals surface area contributed by atoms with Gasteiger partial charge in [0.1, 0.15) is 0 Å². The van der Waals surface area contributed by atoms with Crippen molar-refractivity contribution in [1.82, 2.24) is 0 Å². The van der Waals surface area contributed by atoms with Gasteiger partial charge in [0.15, 0.2) is 5.79 Å². The van der Waals surface area contributed by atoms with E-state index in [0.29, 0.717) is 0 Å². The quantitative estimate of drug-likeness (QED) is 0.865. The molecule has 2 aromatic carbocycles. The minimum atomic E-state index is -1.19. The van der Waals surface area contributed by atoms with E-state index in [-0.39, 0.29) is 0 Å².